The number of benzene rings is 2. The number of alkyl halides is 1. The molecule has 0 bridgehead atoms. The summed E-state index contributed by atoms with van der Waals surface area (Å²) in [5.41, 5.74) is 1.88. The zero-order chi connectivity index (χ0) is 15.7. The van der Waals surface area contributed by atoms with Gasteiger partial charge >= 0.3 is 0 Å². The molecule has 0 aliphatic rings. The van der Waals surface area contributed by atoms with Crippen LogP contribution in [0.15, 0.2) is 41.3 Å². The smallest absolute Gasteiger partial charge is 0.124 e. The highest BCUT2D eigenvalue weighted by atomic mass is 35.5. The molecule has 0 saturated carbocycles. The van der Waals surface area contributed by atoms with Gasteiger partial charge in [-0.3, -0.25) is 4.68 Å². The van der Waals surface area contributed by atoms with Crippen molar-refractivity contribution in [2.24, 2.45) is 7.05 Å². The third-order valence-corrected chi connectivity index (χ3v) is 4.70. The van der Waals surface area contributed by atoms with Crippen molar-refractivity contribution in [3.05, 3.63) is 53.6 Å². The first-order valence-electron chi connectivity index (χ1n) is 6.69. The molecule has 0 saturated heterocycles. The van der Waals surface area contributed by atoms with E-state index in [1.54, 1.807) is 28.6 Å². The number of hydrogen-bond donors (Lipinski definition) is 1. The van der Waals surface area contributed by atoms with Crippen molar-refractivity contribution in [2.45, 2.75) is 16.5 Å². The number of aromatic nitrogens is 2. The van der Waals surface area contributed by atoms with Gasteiger partial charge in [0.2, 0.25) is 0 Å². The Kier molecular flexibility index (Phi) is 4.27. The molecule has 1 aromatic heterocycles. The molecule has 6 heteroatoms. The van der Waals surface area contributed by atoms with Crippen LogP contribution in [0.5, 0.6) is 5.75 Å². The van der Waals surface area contributed by atoms with Crippen LogP contribution in [-0.2, 0) is 18.7 Å². The van der Waals surface area contributed by atoms with E-state index in [2.05, 4.69) is 5.10 Å². The van der Waals surface area contributed by atoms with Crippen LogP contribution >= 0.6 is 23.4 Å². The van der Waals surface area contributed by atoms with Crippen molar-refractivity contribution in [1.29, 1.82) is 0 Å². The first-order chi connectivity index (χ1) is 10.6. The molecule has 114 valence electrons. The number of thioether (sulfide) groups is 1. The summed E-state index contributed by atoms with van der Waals surface area (Å²) >= 11 is 7.34. The molecule has 0 aliphatic carbocycles. The molecule has 0 atom stereocenters. The Morgan fingerprint density at radius 1 is 1.27 bits per heavy atom. The molecular formula is C16H14ClFN2OS. The standard InChI is InChI=1S/C16H14ClFN2OS/c1-20-13(6-12(8-17)19-20)9-22-14-5-10-4-11(18)2-3-15(10)16(21)7-14/h2-7,21H,8-9H2,1H3. The number of aromatic hydroxyl groups is 1. The van der Waals surface area contributed by atoms with E-state index in [4.69, 9.17) is 11.6 Å². The van der Waals surface area contributed by atoms with Gasteiger partial charge < -0.3 is 5.11 Å². The van der Waals surface area contributed by atoms with E-state index in [9.17, 15) is 9.50 Å². The van der Waals surface area contributed by atoms with Gasteiger partial charge in [-0.25, -0.2) is 4.39 Å². The Morgan fingerprint density at radius 2 is 2.09 bits per heavy atom. The quantitative estimate of drug-likeness (QED) is 0.565. The summed E-state index contributed by atoms with van der Waals surface area (Å²) in [4.78, 5) is 0.879. The van der Waals surface area contributed by atoms with Crippen LogP contribution in [0, 0.1) is 5.82 Å². The minimum absolute atomic E-state index is 0.159. The van der Waals surface area contributed by atoms with Crippen molar-refractivity contribution in [1.82, 2.24) is 9.78 Å². The van der Waals surface area contributed by atoms with Crippen molar-refractivity contribution in [3.8, 4) is 5.75 Å². The Labute approximate surface area is 136 Å². The van der Waals surface area contributed by atoms with Crippen LogP contribution in [0.2, 0.25) is 0 Å². The summed E-state index contributed by atoms with van der Waals surface area (Å²) in [5, 5.41) is 15.7. The Hall–Kier alpha value is -1.72. The average Bonchev–Trinajstić information content (AvgIpc) is 2.85. The topological polar surface area (TPSA) is 38.0 Å². The molecule has 22 heavy (non-hydrogen) atoms. The van der Waals surface area contributed by atoms with Gasteiger partial charge in [0, 0.05) is 28.8 Å². The van der Waals surface area contributed by atoms with Gasteiger partial charge in [-0.1, -0.05) is 0 Å². The number of phenolic OH excluding ortho intramolecular Hbond substituents is 1. The molecule has 0 aliphatic heterocycles. The second-order valence-electron chi connectivity index (χ2n) is 4.98. The fourth-order valence-electron chi connectivity index (χ4n) is 2.31. The van der Waals surface area contributed by atoms with E-state index >= 15 is 0 Å². The van der Waals surface area contributed by atoms with Crippen molar-refractivity contribution >= 4 is 34.1 Å². The molecule has 0 amide bonds. The van der Waals surface area contributed by atoms with Crippen molar-refractivity contribution < 1.29 is 9.50 Å². The van der Waals surface area contributed by atoms with Crippen LogP contribution in [0.4, 0.5) is 4.39 Å². The van der Waals surface area contributed by atoms with E-state index < -0.39 is 0 Å². The summed E-state index contributed by atoms with van der Waals surface area (Å²) < 4.78 is 15.1. The molecule has 0 spiro atoms. The lowest BCUT2D eigenvalue weighted by Gasteiger charge is -2.07. The molecule has 1 N–H and O–H groups in total. The van der Waals surface area contributed by atoms with E-state index in [1.165, 1.54) is 12.1 Å². The van der Waals surface area contributed by atoms with E-state index in [-0.39, 0.29) is 11.6 Å². The SMILES string of the molecule is Cn1nc(CCl)cc1CSc1cc(O)c2ccc(F)cc2c1. The highest BCUT2D eigenvalue weighted by Gasteiger charge is 2.08. The van der Waals surface area contributed by atoms with E-state index in [0.29, 0.717) is 22.4 Å². The summed E-state index contributed by atoms with van der Waals surface area (Å²) in [6.07, 6.45) is 0. The Morgan fingerprint density at radius 3 is 2.82 bits per heavy atom. The predicted molar refractivity (Wildman–Crippen MR) is 87.9 cm³/mol. The predicted octanol–water partition coefficient (Wildman–Crippen LogP) is 4.45. The molecule has 3 nitrogen and oxygen atoms in total. The maximum Gasteiger partial charge on any atom is 0.124 e. The number of nitrogens with zero attached hydrogens (tertiary/aromatic N) is 2. The number of aryl methyl sites for hydroxylation is 1. The first-order valence-corrected chi connectivity index (χ1v) is 8.21. The number of halogens is 2. The van der Waals surface area contributed by atoms with Gasteiger partial charge in [0.05, 0.1) is 11.6 Å². The van der Waals surface area contributed by atoms with E-state index in [0.717, 1.165) is 16.3 Å². The van der Waals surface area contributed by atoms with E-state index in [1.807, 2.05) is 19.2 Å². The normalized spacial score (nSPS) is 11.2. The molecule has 3 rings (SSSR count). The third kappa shape index (κ3) is 3.05. The lowest BCUT2D eigenvalue weighted by Crippen LogP contribution is -1.96. The largest absolute Gasteiger partial charge is 0.507 e. The van der Waals surface area contributed by atoms with Crippen LogP contribution in [0.1, 0.15) is 11.4 Å². The highest BCUT2D eigenvalue weighted by molar-refractivity contribution is 7.98. The minimum atomic E-state index is -0.313. The third-order valence-electron chi connectivity index (χ3n) is 3.42. The number of hydrogen-bond acceptors (Lipinski definition) is 3. The monoisotopic (exact) mass is 336 g/mol. The van der Waals surface area contributed by atoms with Crippen molar-refractivity contribution in [3.63, 3.8) is 0 Å². The second-order valence-corrected chi connectivity index (χ2v) is 6.30. The molecule has 0 radical (unpaired) electrons. The maximum absolute atomic E-state index is 13.3. The van der Waals surface area contributed by atoms with Gasteiger partial charge in [0.15, 0.2) is 0 Å². The molecular weight excluding hydrogens is 323 g/mol. The van der Waals surface area contributed by atoms with Gasteiger partial charge in [-0.05, 0) is 41.8 Å². The minimum Gasteiger partial charge on any atom is -0.507 e. The average molecular weight is 337 g/mol. The molecule has 3 aromatic rings. The maximum atomic E-state index is 13.3. The summed E-state index contributed by atoms with van der Waals surface area (Å²) in [5.74, 6) is 0.925. The second kappa shape index (κ2) is 6.18. The number of fused-ring (bicyclic) bond motifs is 1. The van der Waals surface area contributed by atoms with Crippen LogP contribution in [-0.4, -0.2) is 14.9 Å². The molecule has 1 heterocycles. The van der Waals surface area contributed by atoms with Gasteiger partial charge in [-0.2, -0.15) is 5.10 Å². The fraction of sp³-hybridized carbons (Fsp3) is 0.188. The van der Waals surface area contributed by atoms with Crippen LogP contribution < -0.4 is 0 Å². The molecule has 2 aromatic carbocycles. The van der Waals surface area contributed by atoms with Gasteiger partial charge in [0.25, 0.3) is 0 Å². The lowest BCUT2D eigenvalue weighted by atomic mass is 10.1. The van der Waals surface area contributed by atoms with Crippen molar-refractivity contribution in [2.75, 3.05) is 0 Å². The first kappa shape index (κ1) is 15.2. The Balaban J connectivity index is 1.85. The molecule has 0 fully saturated rings. The summed E-state index contributed by atoms with van der Waals surface area (Å²) in [7, 11) is 1.87. The van der Waals surface area contributed by atoms with Gasteiger partial charge in [0.1, 0.15) is 11.6 Å². The molecule has 0 unspecified atom stereocenters. The number of phenols is 1. The van der Waals surface area contributed by atoms with Crippen LogP contribution in [0.25, 0.3) is 10.8 Å². The summed E-state index contributed by atoms with van der Waals surface area (Å²) in [6.45, 7) is 0. The Bertz CT molecular complexity index is 834. The summed E-state index contributed by atoms with van der Waals surface area (Å²) in [6, 6.07) is 9.89. The van der Waals surface area contributed by atoms with Crippen LogP contribution in [0.3, 0.4) is 0 Å². The lowest BCUT2D eigenvalue weighted by molar-refractivity contribution is 0.480. The zero-order valence-electron chi connectivity index (χ0n) is 11.9. The zero-order valence-corrected chi connectivity index (χ0v) is 13.5. The fourth-order valence-corrected chi connectivity index (χ4v) is 3.43. The highest BCUT2D eigenvalue weighted by Crippen LogP contribution is 2.33. The van der Waals surface area contributed by atoms with Gasteiger partial charge in [-0.15, -0.1) is 23.4 Å². The number of rotatable bonds is 4.